The van der Waals surface area contributed by atoms with Crippen LogP contribution in [0.1, 0.15) is 69.6 Å². The molecule has 0 unspecified atom stereocenters. The van der Waals surface area contributed by atoms with Gasteiger partial charge in [0.2, 0.25) is 5.91 Å². The van der Waals surface area contributed by atoms with Crippen LogP contribution in [0.3, 0.4) is 0 Å². The Kier molecular flexibility index (Phi) is 6.45. The number of esters is 1. The first kappa shape index (κ1) is 26.6. The van der Waals surface area contributed by atoms with Gasteiger partial charge in [0.05, 0.1) is 18.6 Å². The molecule has 8 nitrogen and oxygen atoms in total. The van der Waals surface area contributed by atoms with Crippen LogP contribution in [0.5, 0.6) is 17.2 Å². The van der Waals surface area contributed by atoms with E-state index in [1.165, 1.54) is 19.8 Å². The van der Waals surface area contributed by atoms with Gasteiger partial charge >= 0.3 is 5.97 Å². The average molecular weight is 561 g/mol. The summed E-state index contributed by atoms with van der Waals surface area (Å²) >= 11 is 0. The van der Waals surface area contributed by atoms with Crippen molar-refractivity contribution in [2.75, 3.05) is 19.6 Å². The summed E-state index contributed by atoms with van der Waals surface area (Å²) < 4.78 is 17.7. The Labute approximate surface area is 241 Å². The Morgan fingerprint density at radius 1 is 1.27 bits per heavy atom. The molecule has 7 rings (SSSR count). The van der Waals surface area contributed by atoms with E-state index in [4.69, 9.17) is 13.9 Å². The van der Waals surface area contributed by atoms with Crippen LogP contribution >= 0.6 is 0 Å². The lowest BCUT2D eigenvalue weighted by Gasteiger charge is -2.60. The minimum absolute atomic E-state index is 0.0406. The number of hydrogen-bond acceptors (Lipinski definition) is 7. The van der Waals surface area contributed by atoms with Crippen LogP contribution in [0.15, 0.2) is 35.2 Å². The number of likely N-dealkylation sites (tertiary alicyclic amines) is 1. The maximum atomic E-state index is 13.9. The van der Waals surface area contributed by atoms with Crippen molar-refractivity contribution in [3.63, 3.8) is 0 Å². The first-order chi connectivity index (χ1) is 19.8. The highest BCUT2D eigenvalue weighted by Crippen LogP contribution is 2.66. The molecule has 5 atom stereocenters. The molecule has 8 heteroatoms. The molecule has 41 heavy (non-hydrogen) atoms. The molecular formula is C33H40N2O6. The number of amides is 1. The van der Waals surface area contributed by atoms with Gasteiger partial charge in [0.25, 0.3) is 0 Å². The predicted octanol–water partition coefficient (Wildman–Crippen LogP) is 4.93. The summed E-state index contributed by atoms with van der Waals surface area (Å²) in [6, 6.07) is 3.58. The number of carbonyl (C=O) groups excluding carboxylic acids is 2. The lowest BCUT2D eigenvalue weighted by atomic mass is 9.50. The van der Waals surface area contributed by atoms with E-state index in [1.807, 2.05) is 11.0 Å². The number of carbonyl (C=O) groups is 2. The largest absolute Gasteiger partial charge is 0.508 e. The van der Waals surface area contributed by atoms with Gasteiger partial charge in [0, 0.05) is 60.3 Å². The van der Waals surface area contributed by atoms with Crippen molar-refractivity contribution >= 4 is 18.0 Å². The molecule has 0 radical (unpaired) electrons. The normalized spacial score (nSPS) is 29.9. The van der Waals surface area contributed by atoms with Crippen LogP contribution in [0.2, 0.25) is 0 Å². The van der Waals surface area contributed by atoms with Crippen molar-refractivity contribution < 1.29 is 28.6 Å². The molecule has 1 amide bonds. The molecule has 2 aliphatic heterocycles. The fourth-order valence-electron chi connectivity index (χ4n) is 8.47. The van der Waals surface area contributed by atoms with E-state index in [-0.39, 0.29) is 40.9 Å². The maximum absolute atomic E-state index is 13.9. The quantitative estimate of drug-likeness (QED) is 0.278. The smallest absolute Gasteiger partial charge is 0.308 e. The number of nitrogens with zero attached hydrogens (tertiary/aromatic N) is 2. The molecule has 218 valence electrons. The number of rotatable bonds is 8. The van der Waals surface area contributed by atoms with Crippen LogP contribution in [0.25, 0.3) is 6.08 Å². The van der Waals surface area contributed by atoms with Crippen LogP contribution in [0, 0.1) is 17.8 Å². The number of phenolic OH excluding ortho intramolecular Hbond substituents is 1. The molecule has 1 spiro atoms. The summed E-state index contributed by atoms with van der Waals surface area (Å²) in [6.45, 7) is 8.35. The van der Waals surface area contributed by atoms with Crippen LogP contribution < -0.4 is 9.47 Å². The molecule has 3 aliphatic carbocycles. The topological polar surface area (TPSA) is 92.5 Å². The average Bonchev–Trinajstić information content (AvgIpc) is 3.45. The summed E-state index contributed by atoms with van der Waals surface area (Å²) in [5.41, 5.74) is 2.47. The van der Waals surface area contributed by atoms with Crippen molar-refractivity contribution in [1.82, 2.24) is 9.80 Å². The van der Waals surface area contributed by atoms with Crippen LogP contribution in [-0.4, -0.2) is 64.6 Å². The third-order valence-corrected chi connectivity index (χ3v) is 10.1. The van der Waals surface area contributed by atoms with Crippen LogP contribution in [-0.2, 0) is 21.4 Å². The number of phenols is 1. The zero-order chi connectivity index (χ0) is 28.5. The van der Waals surface area contributed by atoms with E-state index in [9.17, 15) is 14.7 Å². The first-order valence-electron chi connectivity index (χ1n) is 15.3. The predicted molar refractivity (Wildman–Crippen MR) is 153 cm³/mol. The van der Waals surface area contributed by atoms with E-state index in [0.717, 1.165) is 61.4 Å². The molecule has 3 heterocycles. The van der Waals surface area contributed by atoms with Crippen molar-refractivity contribution in [3.05, 3.63) is 47.4 Å². The lowest BCUT2D eigenvalue weighted by Crippen LogP contribution is -2.69. The van der Waals surface area contributed by atoms with Gasteiger partial charge in [-0.15, -0.1) is 0 Å². The van der Waals surface area contributed by atoms with E-state index < -0.39 is 5.97 Å². The molecule has 1 saturated heterocycles. The zero-order valence-corrected chi connectivity index (χ0v) is 24.2. The zero-order valence-electron chi connectivity index (χ0n) is 24.2. The second-order valence-electron chi connectivity index (χ2n) is 13.2. The Morgan fingerprint density at radius 2 is 2.10 bits per heavy atom. The third kappa shape index (κ3) is 4.37. The first-order valence-corrected chi connectivity index (χ1v) is 15.3. The molecule has 2 aromatic rings. The summed E-state index contributed by atoms with van der Waals surface area (Å²) in [6.07, 6.45) is 12.5. The Bertz CT molecular complexity index is 1380. The number of benzene rings is 1. The van der Waals surface area contributed by atoms with Gasteiger partial charge in [-0.05, 0) is 75.0 Å². The molecule has 1 N–H and O–H groups in total. The van der Waals surface area contributed by atoms with Crippen molar-refractivity contribution in [2.45, 2.75) is 82.9 Å². The van der Waals surface area contributed by atoms with Gasteiger partial charge in [0.1, 0.15) is 11.9 Å². The van der Waals surface area contributed by atoms with Crippen molar-refractivity contribution in [1.29, 1.82) is 0 Å². The summed E-state index contributed by atoms with van der Waals surface area (Å²) in [5.74, 6) is 1.99. The summed E-state index contributed by atoms with van der Waals surface area (Å²) in [4.78, 5) is 30.6. The van der Waals surface area contributed by atoms with Gasteiger partial charge in [-0.25, -0.2) is 0 Å². The van der Waals surface area contributed by atoms with Crippen molar-refractivity contribution in [2.24, 2.45) is 17.8 Å². The second kappa shape index (κ2) is 9.93. The molecule has 5 aliphatic rings. The molecule has 1 aromatic carbocycles. The molecular weight excluding hydrogens is 520 g/mol. The molecule has 2 bridgehead atoms. The summed E-state index contributed by atoms with van der Waals surface area (Å²) in [5, 5.41) is 11.3. The van der Waals surface area contributed by atoms with Gasteiger partial charge in [0.15, 0.2) is 11.5 Å². The molecule has 1 aromatic heterocycles. The fourth-order valence-corrected chi connectivity index (χ4v) is 8.47. The van der Waals surface area contributed by atoms with Crippen molar-refractivity contribution in [3.8, 4) is 17.2 Å². The highest BCUT2D eigenvalue weighted by atomic mass is 16.6. The maximum Gasteiger partial charge on any atom is 0.308 e. The van der Waals surface area contributed by atoms with E-state index in [1.54, 1.807) is 30.7 Å². The molecule has 2 saturated carbocycles. The summed E-state index contributed by atoms with van der Waals surface area (Å²) in [7, 11) is 0. The number of ether oxygens (including phenoxy) is 2. The van der Waals surface area contributed by atoms with E-state index in [2.05, 4.69) is 18.7 Å². The number of aromatic hydroxyl groups is 1. The Hall–Kier alpha value is -3.26. The fraction of sp³-hybridized carbons (Fsp3) is 0.576. The SMILES string of the molecule is CC(=O)Oc1cc(O)c2c3c1O[C@@H]1[C@H](N(CC(C)C)C(=O)C=Cc4ccoc4)CC[C@H]4[C@@H](C2)N(CC2CC2)CC[C@]314. The van der Waals surface area contributed by atoms with Gasteiger partial charge in [-0.3, -0.25) is 14.5 Å². The Morgan fingerprint density at radius 3 is 2.80 bits per heavy atom. The highest BCUT2D eigenvalue weighted by molar-refractivity contribution is 5.92. The second-order valence-corrected chi connectivity index (χ2v) is 13.2. The monoisotopic (exact) mass is 560 g/mol. The molecule has 3 fully saturated rings. The minimum Gasteiger partial charge on any atom is -0.508 e. The number of hydrogen-bond donors (Lipinski definition) is 1. The van der Waals surface area contributed by atoms with Crippen LogP contribution in [0.4, 0.5) is 0 Å². The van der Waals surface area contributed by atoms with E-state index in [0.29, 0.717) is 24.3 Å². The third-order valence-electron chi connectivity index (χ3n) is 10.1. The standard InChI is InChI=1S/C33H40N2O6/c1-19(2)16-35(29(38)9-6-22-10-13-39-18-22)25-8-7-24-26-14-23-27(37)15-28(40-20(3)36)31-30(23)33(24,32(25)41-31)11-12-34(26)17-21-4-5-21/h6,9-10,13,15,18-19,21,24-26,32,37H,4-5,7-8,11-12,14,16-17H2,1-3H3/t24-,25+,26+,32+,33-/m0/s1. The number of furan rings is 1. The van der Waals surface area contributed by atoms with E-state index >= 15 is 0 Å². The van der Waals surface area contributed by atoms with Gasteiger partial charge in [-0.2, -0.15) is 0 Å². The minimum atomic E-state index is -0.446. The Balaban J connectivity index is 1.31. The van der Waals surface area contributed by atoms with Gasteiger partial charge < -0.3 is 23.9 Å². The number of piperidine rings is 1. The highest BCUT2D eigenvalue weighted by Gasteiger charge is 2.67. The van der Waals surface area contributed by atoms with Gasteiger partial charge in [-0.1, -0.05) is 13.8 Å². The lowest BCUT2D eigenvalue weighted by molar-refractivity contribution is -0.138.